The number of phenolic OH excluding ortho intramolecular Hbond substituents is 1. The van der Waals surface area contributed by atoms with Gasteiger partial charge in [-0.1, -0.05) is 46.5 Å². The van der Waals surface area contributed by atoms with E-state index in [4.69, 9.17) is 10.5 Å². The monoisotopic (exact) mass is 347 g/mol. The molecular formula is C22H37NO2. The minimum absolute atomic E-state index is 0.0363. The minimum atomic E-state index is -0.219. The summed E-state index contributed by atoms with van der Waals surface area (Å²) in [5.74, 6) is 1.50. The first-order valence-electron chi connectivity index (χ1n) is 9.96. The third-order valence-corrected chi connectivity index (χ3v) is 5.60. The Bertz CT molecular complexity index is 578. The Morgan fingerprint density at radius 2 is 1.96 bits per heavy atom. The fourth-order valence-electron chi connectivity index (χ4n) is 4.12. The van der Waals surface area contributed by atoms with Gasteiger partial charge in [-0.05, 0) is 68.7 Å². The van der Waals surface area contributed by atoms with Crippen LogP contribution in [0, 0.1) is 0 Å². The zero-order chi connectivity index (χ0) is 18.7. The van der Waals surface area contributed by atoms with E-state index in [-0.39, 0.29) is 16.9 Å². The molecule has 1 unspecified atom stereocenters. The second-order valence-corrected chi connectivity index (χ2v) is 8.94. The van der Waals surface area contributed by atoms with Gasteiger partial charge in [0.25, 0.3) is 0 Å². The fraction of sp³-hybridized carbons (Fsp3) is 0.727. The average molecular weight is 348 g/mol. The first-order chi connectivity index (χ1) is 11.7. The predicted molar refractivity (Wildman–Crippen MR) is 106 cm³/mol. The van der Waals surface area contributed by atoms with Crippen LogP contribution in [0.5, 0.6) is 11.5 Å². The van der Waals surface area contributed by atoms with E-state index >= 15 is 0 Å². The predicted octanol–water partition coefficient (Wildman–Crippen LogP) is 5.63. The number of hydrogen-bond donors (Lipinski definition) is 2. The summed E-state index contributed by atoms with van der Waals surface area (Å²) < 4.78 is 6.25. The Kier molecular flexibility index (Phi) is 6.42. The molecule has 0 amide bonds. The SMILES string of the molecule is CCCCCCC(C)(C)c1cc(O)c2c(c1)OC(C)(C)CC2CCN. The molecular weight excluding hydrogens is 310 g/mol. The number of benzene rings is 1. The van der Waals surface area contributed by atoms with Crippen molar-refractivity contribution in [3.63, 3.8) is 0 Å². The molecule has 3 N–H and O–H groups in total. The number of hydrogen-bond acceptors (Lipinski definition) is 3. The van der Waals surface area contributed by atoms with Crippen molar-refractivity contribution in [3.8, 4) is 11.5 Å². The standard InChI is InChI=1S/C22H37NO2/c1-6-7-8-9-11-21(2,3)17-13-18(24)20-16(10-12-23)15-22(4,5)25-19(20)14-17/h13-14,16,24H,6-12,15,23H2,1-5H3. The van der Waals surface area contributed by atoms with Gasteiger partial charge in [-0.25, -0.2) is 0 Å². The van der Waals surface area contributed by atoms with E-state index in [0.29, 0.717) is 12.3 Å². The van der Waals surface area contributed by atoms with Crippen LogP contribution in [-0.4, -0.2) is 17.3 Å². The van der Waals surface area contributed by atoms with Crippen molar-refractivity contribution >= 4 is 0 Å². The number of unbranched alkanes of at least 4 members (excludes halogenated alkanes) is 3. The van der Waals surface area contributed by atoms with E-state index in [0.717, 1.165) is 30.6 Å². The average Bonchev–Trinajstić information content (AvgIpc) is 2.50. The molecule has 0 aliphatic carbocycles. The number of rotatable bonds is 8. The zero-order valence-corrected chi connectivity index (χ0v) is 16.8. The van der Waals surface area contributed by atoms with Crippen LogP contribution in [0.25, 0.3) is 0 Å². The van der Waals surface area contributed by atoms with Crippen LogP contribution >= 0.6 is 0 Å². The number of phenols is 1. The molecule has 0 radical (unpaired) electrons. The summed E-state index contributed by atoms with van der Waals surface area (Å²) in [7, 11) is 0. The second kappa shape index (κ2) is 7.99. The smallest absolute Gasteiger partial charge is 0.127 e. The molecule has 0 aromatic heterocycles. The van der Waals surface area contributed by atoms with Crippen molar-refractivity contribution < 1.29 is 9.84 Å². The molecule has 1 aromatic carbocycles. The summed E-state index contributed by atoms with van der Waals surface area (Å²) in [5, 5.41) is 10.8. The number of nitrogens with two attached hydrogens (primary N) is 1. The van der Waals surface area contributed by atoms with Gasteiger partial charge >= 0.3 is 0 Å². The van der Waals surface area contributed by atoms with Gasteiger partial charge in [-0.15, -0.1) is 0 Å². The van der Waals surface area contributed by atoms with Gasteiger partial charge in [0.15, 0.2) is 0 Å². The van der Waals surface area contributed by atoms with Crippen LogP contribution in [0.4, 0.5) is 0 Å². The molecule has 3 heteroatoms. The molecule has 1 atom stereocenters. The minimum Gasteiger partial charge on any atom is -0.508 e. The van der Waals surface area contributed by atoms with Gasteiger partial charge in [0.2, 0.25) is 0 Å². The molecule has 3 nitrogen and oxygen atoms in total. The topological polar surface area (TPSA) is 55.5 Å². The molecule has 0 fully saturated rings. The van der Waals surface area contributed by atoms with Crippen molar-refractivity contribution in [1.82, 2.24) is 0 Å². The molecule has 0 bridgehead atoms. The van der Waals surface area contributed by atoms with Gasteiger partial charge in [0.05, 0.1) is 0 Å². The fourth-order valence-corrected chi connectivity index (χ4v) is 4.12. The van der Waals surface area contributed by atoms with E-state index in [1.165, 1.54) is 31.2 Å². The summed E-state index contributed by atoms with van der Waals surface area (Å²) in [6.07, 6.45) is 7.95. The van der Waals surface area contributed by atoms with Crippen LogP contribution in [0.15, 0.2) is 12.1 Å². The first-order valence-corrected chi connectivity index (χ1v) is 9.96. The Balaban J connectivity index is 2.30. The highest BCUT2D eigenvalue weighted by molar-refractivity contribution is 5.52. The molecule has 1 aliphatic rings. The lowest BCUT2D eigenvalue weighted by Gasteiger charge is -2.39. The van der Waals surface area contributed by atoms with E-state index in [1.807, 2.05) is 6.07 Å². The van der Waals surface area contributed by atoms with E-state index in [9.17, 15) is 5.11 Å². The van der Waals surface area contributed by atoms with Crippen LogP contribution in [-0.2, 0) is 5.41 Å². The van der Waals surface area contributed by atoms with E-state index in [1.54, 1.807) is 0 Å². The molecule has 0 spiro atoms. The Morgan fingerprint density at radius 3 is 2.60 bits per heavy atom. The maximum absolute atomic E-state index is 10.8. The molecule has 25 heavy (non-hydrogen) atoms. The van der Waals surface area contributed by atoms with Gasteiger partial charge < -0.3 is 15.6 Å². The third-order valence-electron chi connectivity index (χ3n) is 5.60. The number of fused-ring (bicyclic) bond motifs is 1. The third kappa shape index (κ3) is 4.91. The molecule has 1 aliphatic heterocycles. The van der Waals surface area contributed by atoms with Gasteiger partial charge in [-0.2, -0.15) is 0 Å². The van der Waals surface area contributed by atoms with Crippen LogP contribution in [0.3, 0.4) is 0 Å². The van der Waals surface area contributed by atoms with Crippen molar-refractivity contribution in [1.29, 1.82) is 0 Å². The Morgan fingerprint density at radius 1 is 1.24 bits per heavy atom. The number of aromatic hydroxyl groups is 1. The summed E-state index contributed by atoms with van der Waals surface area (Å²) in [4.78, 5) is 0. The van der Waals surface area contributed by atoms with Crippen molar-refractivity contribution in [2.75, 3.05) is 6.54 Å². The molecule has 1 aromatic rings. The molecule has 0 saturated heterocycles. The normalized spacial score (nSPS) is 19.4. The van der Waals surface area contributed by atoms with Gasteiger partial charge in [-0.3, -0.25) is 0 Å². The highest BCUT2D eigenvalue weighted by atomic mass is 16.5. The summed E-state index contributed by atoms with van der Waals surface area (Å²) in [6.45, 7) is 11.7. The molecule has 142 valence electrons. The van der Waals surface area contributed by atoms with Crippen LogP contribution in [0.1, 0.15) is 96.6 Å². The van der Waals surface area contributed by atoms with Crippen LogP contribution < -0.4 is 10.5 Å². The lowest BCUT2D eigenvalue weighted by Crippen LogP contribution is -2.35. The second-order valence-electron chi connectivity index (χ2n) is 8.94. The van der Waals surface area contributed by atoms with Gasteiger partial charge in [0.1, 0.15) is 17.1 Å². The van der Waals surface area contributed by atoms with Crippen molar-refractivity contribution in [2.24, 2.45) is 5.73 Å². The molecule has 0 saturated carbocycles. The zero-order valence-electron chi connectivity index (χ0n) is 16.8. The molecule has 2 rings (SSSR count). The maximum Gasteiger partial charge on any atom is 0.127 e. The van der Waals surface area contributed by atoms with Crippen molar-refractivity contribution in [3.05, 3.63) is 23.3 Å². The van der Waals surface area contributed by atoms with Crippen LogP contribution in [0.2, 0.25) is 0 Å². The van der Waals surface area contributed by atoms with Gasteiger partial charge in [0, 0.05) is 5.56 Å². The summed E-state index contributed by atoms with van der Waals surface area (Å²) in [5.41, 5.74) is 7.75. The van der Waals surface area contributed by atoms with Crippen molar-refractivity contribution in [2.45, 2.75) is 96.5 Å². The lowest BCUT2D eigenvalue weighted by atomic mass is 9.76. The quantitative estimate of drug-likeness (QED) is 0.599. The highest BCUT2D eigenvalue weighted by Crippen LogP contribution is 2.48. The summed E-state index contributed by atoms with van der Waals surface area (Å²) in [6, 6.07) is 4.13. The molecule has 1 heterocycles. The first kappa shape index (κ1) is 20.1. The Labute approximate surface area is 154 Å². The summed E-state index contributed by atoms with van der Waals surface area (Å²) >= 11 is 0. The van der Waals surface area contributed by atoms with E-state index < -0.39 is 0 Å². The Hall–Kier alpha value is -1.22. The largest absolute Gasteiger partial charge is 0.508 e. The highest BCUT2D eigenvalue weighted by Gasteiger charge is 2.36. The lowest BCUT2D eigenvalue weighted by molar-refractivity contribution is 0.0694. The van der Waals surface area contributed by atoms with E-state index in [2.05, 4.69) is 40.7 Å². The number of ether oxygens (including phenoxy) is 1. The maximum atomic E-state index is 10.8.